The number of carbonyl (C=O) groups is 2. The molecular weight excluding hydrogens is 367 g/mol. The van der Waals surface area contributed by atoms with E-state index in [2.05, 4.69) is 10.6 Å². The van der Waals surface area contributed by atoms with Crippen molar-refractivity contribution in [2.45, 2.75) is 37.8 Å². The van der Waals surface area contributed by atoms with Crippen LogP contribution in [0.2, 0.25) is 0 Å². The Morgan fingerprint density at radius 1 is 1.14 bits per heavy atom. The average molecular weight is 386 g/mol. The van der Waals surface area contributed by atoms with Gasteiger partial charge in [-0.05, 0) is 37.8 Å². The molecule has 1 saturated carbocycles. The molecule has 146 valence electrons. The highest BCUT2D eigenvalue weighted by molar-refractivity contribution is 6.23. The quantitative estimate of drug-likeness (QED) is 0.587. The van der Waals surface area contributed by atoms with Crippen LogP contribution in [0.3, 0.4) is 0 Å². The second-order valence-electron chi connectivity index (χ2n) is 7.06. The van der Waals surface area contributed by atoms with Crippen molar-refractivity contribution >= 4 is 23.3 Å². The second kappa shape index (κ2) is 6.75. The maximum absolute atomic E-state index is 14.6. The van der Waals surface area contributed by atoms with Crippen LogP contribution in [0, 0.1) is 5.82 Å². The van der Waals surface area contributed by atoms with Gasteiger partial charge in [-0.3, -0.25) is 24.3 Å². The summed E-state index contributed by atoms with van der Waals surface area (Å²) in [6.07, 6.45) is 2.15. The zero-order valence-corrected chi connectivity index (χ0v) is 14.9. The highest BCUT2D eigenvalue weighted by Gasteiger charge is 2.32. The average Bonchev–Trinajstić information content (AvgIpc) is 2.93. The molecule has 0 unspecified atom stereocenters. The molecule has 8 nitrogen and oxygen atoms in total. The SMILES string of the molecule is Nc1c2c(cc(=O)n1-c1cccc(F)c1NC1CCC(O)CC1)C(=O)NC2=O. The molecule has 0 radical (unpaired) electrons. The molecule has 9 heteroatoms. The third kappa shape index (κ3) is 2.93. The van der Waals surface area contributed by atoms with E-state index >= 15 is 0 Å². The van der Waals surface area contributed by atoms with E-state index in [1.54, 1.807) is 0 Å². The minimum absolute atomic E-state index is 0.0738. The summed E-state index contributed by atoms with van der Waals surface area (Å²) in [5.41, 5.74) is 5.47. The Morgan fingerprint density at radius 2 is 1.86 bits per heavy atom. The van der Waals surface area contributed by atoms with Crippen molar-refractivity contribution in [1.82, 2.24) is 9.88 Å². The van der Waals surface area contributed by atoms with Gasteiger partial charge in [-0.25, -0.2) is 4.39 Å². The lowest BCUT2D eigenvalue weighted by atomic mass is 9.93. The van der Waals surface area contributed by atoms with Gasteiger partial charge in [-0.2, -0.15) is 0 Å². The summed E-state index contributed by atoms with van der Waals surface area (Å²) in [5.74, 6) is -2.18. The Balaban J connectivity index is 1.82. The Hall–Kier alpha value is -3.20. The molecule has 2 amide bonds. The summed E-state index contributed by atoms with van der Waals surface area (Å²) in [6, 6.07) is 5.16. The number of amides is 2. The number of nitrogens with two attached hydrogens (primary N) is 1. The summed E-state index contributed by atoms with van der Waals surface area (Å²) in [5, 5.41) is 14.9. The Bertz CT molecular complexity index is 1040. The minimum Gasteiger partial charge on any atom is -0.393 e. The first-order valence-electron chi connectivity index (χ1n) is 9.01. The topological polar surface area (TPSA) is 126 Å². The third-order valence-corrected chi connectivity index (χ3v) is 5.23. The van der Waals surface area contributed by atoms with E-state index < -0.39 is 23.2 Å². The van der Waals surface area contributed by atoms with E-state index in [0.29, 0.717) is 25.7 Å². The number of nitrogens with zero attached hydrogens (tertiary/aromatic N) is 1. The molecule has 1 aliphatic carbocycles. The van der Waals surface area contributed by atoms with Crippen LogP contribution >= 0.6 is 0 Å². The second-order valence-corrected chi connectivity index (χ2v) is 7.06. The van der Waals surface area contributed by atoms with Crippen LogP contribution < -0.4 is 21.9 Å². The number of rotatable bonds is 3. The zero-order valence-electron chi connectivity index (χ0n) is 14.9. The van der Waals surface area contributed by atoms with Crippen molar-refractivity contribution in [3.05, 3.63) is 51.6 Å². The van der Waals surface area contributed by atoms with E-state index in [1.165, 1.54) is 18.2 Å². The predicted molar refractivity (Wildman–Crippen MR) is 100 cm³/mol. The number of carbonyl (C=O) groups excluding carboxylic acids is 2. The van der Waals surface area contributed by atoms with Gasteiger partial charge in [-0.1, -0.05) is 6.07 Å². The molecule has 2 aliphatic rings. The number of hydrogen-bond donors (Lipinski definition) is 4. The molecule has 1 aromatic carbocycles. The predicted octanol–water partition coefficient (Wildman–Crippen LogP) is 1.16. The standard InChI is InChI=1S/C19H19FN4O4/c20-12-2-1-3-13(16(12)22-9-4-6-10(25)7-5-9)24-14(26)8-11-15(17(24)21)19(28)23-18(11)27/h1-3,8-10,22,25H,4-7,21H2,(H,23,27,28). The minimum atomic E-state index is -0.696. The molecule has 0 atom stereocenters. The number of halogens is 1. The lowest BCUT2D eigenvalue weighted by Gasteiger charge is -2.28. The first-order valence-corrected chi connectivity index (χ1v) is 9.01. The van der Waals surface area contributed by atoms with Crippen LogP contribution in [-0.2, 0) is 0 Å². The van der Waals surface area contributed by atoms with Crippen LogP contribution in [0.4, 0.5) is 15.9 Å². The molecule has 0 saturated heterocycles. The van der Waals surface area contributed by atoms with Crippen molar-refractivity contribution in [3.63, 3.8) is 0 Å². The largest absolute Gasteiger partial charge is 0.393 e. The summed E-state index contributed by atoms with van der Waals surface area (Å²) < 4.78 is 15.7. The number of pyridine rings is 1. The fourth-order valence-corrected chi connectivity index (χ4v) is 3.79. The number of imide groups is 1. The lowest BCUT2D eigenvalue weighted by molar-refractivity contribution is 0.0879. The number of benzene rings is 1. The van der Waals surface area contributed by atoms with Crippen LogP contribution in [0.25, 0.3) is 5.69 Å². The zero-order chi connectivity index (χ0) is 20.0. The van der Waals surface area contributed by atoms with Gasteiger partial charge in [-0.15, -0.1) is 0 Å². The maximum Gasteiger partial charge on any atom is 0.262 e. The van der Waals surface area contributed by atoms with Crippen LogP contribution in [-0.4, -0.2) is 33.6 Å². The summed E-state index contributed by atoms with van der Waals surface area (Å²) in [6.45, 7) is 0. The molecule has 1 fully saturated rings. The number of fused-ring (bicyclic) bond motifs is 1. The number of hydrogen-bond acceptors (Lipinski definition) is 6. The number of anilines is 2. The molecule has 1 aliphatic heterocycles. The molecule has 4 rings (SSSR count). The van der Waals surface area contributed by atoms with Gasteiger partial charge >= 0.3 is 0 Å². The Kier molecular flexibility index (Phi) is 4.38. The first kappa shape index (κ1) is 18.2. The summed E-state index contributed by atoms with van der Waals surface area (Å²) in [7, 11) is 0. The molecule has 2 heterocycles. The third-order valence-electron chi connectivity index (χ3n) is 5.23. The van der Waals surface area contributed by atoms with E-state index in [-0.39, 0.29) is 40.5 Å². The number of aliphatic hydroxyl groups excluding tert-OH is 1. The summed E-state index contributed by atoms with van der Waals surface area (Å²) >= 11 is 0. The van der Waals surface area contributed by atoms with Gasteiger partial charge in [0.1, 0.15) is 11.6 Å². The first-order chi connectivity index (χ1) is 13.4. The smallest absolute Gasteiger partial charge is 0.262 e. The van der Waals surface area contributed by atoms with Gasteiger partial charge < -0.3 is 16.2 Å². The molecule has 5 N–H and O–H groups in total. The highest BCUT2D eigenvalue weighted by atomic mass is 19.1. The number of nitrogen functional groups attached to an aromatic ring is 1. The molecule has 28 heavy (non-hydrogen) atoms. The molecule has 1 aromatic heterocycles. The molecule has 2 aromatic rings. The Morgan fingerprint density at radius 3 is 2.57 bits per heavy atom. The normalized spacial score (nSPS) is 21.4. The van der Waals surface area contributed by atoms with E-state index in [1.807, 2.05) is 0 Å². The van der Waals surface area contributed by atoms with E-state index in [0.717, 1.165) is 10.6 Å². The van der Waals surface area contributed by atoms with Crippen molar-refractivity contribution in [3.8, 4) is 5.69 Å². The van der Waals surface area contributed by atoms with Crippen molar-refractivity contribution < 1.29 is 19.1 Å². The number of aliphatic hydroxyl groups is 1. The van der Waals surface area contributed by atoms with Crippen LogP contribution in [0.5, 0.6) is 0 Å². The van der Waals surface area contributed by atoms with Crippen molar-refractivity contribution in [2.75, 3.05) is 11.1 Å². The number of para-hydroxylation sites is 1. The van der Waals surface area contributed by atoms with Gasteiger partial charge in [0.2, 0.25) is 0 Å². The van der Waals surface area contributed by atoms with Crippen LogP contribution in [0.15, 0.2) is 29.1 Å². The van der Waals surface area contributed by atoms with Crippen molar-refractivity contribution in [2.24, 2.45) is 0 Å². The Labute approximate surface area is 159 Å². The number of nitrogens with one attached hydrogen (secondary N) is 2. The fraction of sp³-hybridized carbons (Fsp3) is 0.316. The lowest BCUT2D eigenvalue weighted by Crippen LogP contribution is -2.30. The fourth-order valence-electron chi connectivity index (χ4n) is 3.79. The van der Waals surface area contributed by atoms with Gasteiger partial charge in [0, 0.05) is 12.1 Å². The van der Waals surface area contributed by atoms with Gasteiger partial charge in [0.25, 0.3) is 17.4 Å². The molecule has 0 bridgehead atoms. The van der Waals surface area contributed by atoms with Gasteiger partial charge in [0.15, 0.2) is 0 Å². The maximum atomic E-state index is 14.6. The summed E-state index contributed by atoms with van der Waals surface area (Å²) in [4.78, 5) is 36.5. The van der Waals surface area contributed by atoms with Crippen LogP contribution in [0.1, 0.15) is 46.4 Å². The van der Waals surface area contributed by atoms with Gasteiger partial charge in [0.05, 0.1) is 28.6 Å². The highest BCUT2D eigenvalue weighted by Crippen LogP contribution is 2.31. The number of aromatic nitrogens is 1. The molecule has 0 spiro atoms. The van der Waals surface area contributed by atoms with Crippen molar-refractivity contribution in [1.29, 1.82) is 0 Å². The molecular formula is C19H19FN4O4. The van der Waals surface area contributed by atoms with E-state index in [9.17, 15) is 23.9 Å². The monoisotopic (exact) mass is 386 g/mol. The van der Waals surface area contributed by atoms with E-state index in [4.69, 9.17) is 5.73 Å².